The standard InChI is InChI=1S/C11H17F2N3O/c1-9(2)8-17-6-4-14-7-10-15-3-5-16(10)11(12)13/h3,5,11,14H,1,4,6-8H2,2H3. The fraction of sp³-hybridized carbons (Fsp3) is 0.545. The Kier molecular flexibility index (Phi) is 5.79. The number of halogens is 2. The van der Waals surface area contributed by atoms with Gasteiger partial charge < -0.3 is 10.1 Å². The molecule has 0 aliphatic rings. The van der Waals surface area contributed by atoms with Crippen molar-refractivity contribution in [2.45, 2.75) is 20.0 Å². The molecule has 0 saturated carbocycles. The van der Waals surface area contributed by atoms with Crippen LogP contribution in [0.2, 0.25) is 0 Å². The number of hydrogen-bond acceptors (Lipinski definition) is 3. The Labute approximate surface area is 99.3 Å². The fourth-order valence-electron chi connectivity index (χ4n) is 1.25. The first-order chi connectivity index (χ1) is 8.11. The molecule has 0 saturated heterocycles. The number of nitrogens with one attached hydrogen (secondary N) is 1. The van der Waals surface area contributed by atoms with E-state index in [9.17, 15) is 8.78 Å². The number of imidazole rings is 1. The number of hydrogen-bond donors (Lipinski definition) is 1. The van der Waals surface area contributed by atoms with E-state index < -0.39 is 6.55 Å². The minimum Gasteiger partial charge on any atom is -0.376 e. The van der Waals surface area contributed by atoms with Crippen LogP contribution in [0.15, 0.2) is 24.5 Å². The lowest BCUT2D eigenvalue weighted by Gasteiger charge is -2.08. The summed E-state index contributed by atoms with van der Waals surface area (Å²) in [6.07, 6.45) is 2.62. The predicted molar refractivity (Wildman–Crippen MR) is 60.8 cm³/mol. The zero-order chi connectivity index (χ0) is 12.7. The van der Waals surface area contributed by atoms with Crippen LogP contribution in [0, 0.1) is 0 Å². The Morgan fingerprint density at radius 2 is 2.41 bits per heavy atom. The molecule has 0 unspecified atom stereocenters. The molecule has 17 heavy (non-hydrogen) atoms. The smallest absolute Gasteiger partial charge is 0.319 e. The molecule has 0 bridgehead atoms. The van der Waals surface area contributed by atoms with Gasteiger partial charge in [-0.05, 0) is 6.92 Å². The molecule has 1 rings (SSSR count). The molecule has 4 nitrogen and oxygen atoms in total. The van der Waals surface area contributed by atoms with Gasteiger partial charge in [-0.25, -0.2) is 4.98 Å². The quantitative estimate of drug-likeness (QED) is 0.562. The van der Waals surface area contributed by atoms with Crippen LogP contribution in [-0.4, -0.2) is 29.3 Å². The van der Waals surface area contributed by atoms with Gasteiger partial charge in [-0.2, -0.15) is 8.78 Å². The fourth-order valence-corrected chi connectivity index (χ4v) is 1.25. The zero-order valence-electron chi connectivity index (χ0n) is 9.83. The first-order valence-electron chi connectivity index (χ1n) is 5.34. The molecule has 1 heterocycles. The third-order valence-electron chi connectivity index (χ3n) is 2.01. The van der Waals surface area contributed by atoms with Crippen molar-refractivity contribution in [3.05, 3.63) is 30.4 Å². The summed E-state index contributed by atoms with van der Waals surface area (Å²) in [4.78, 5) is 3.85. The van der Waals surface area contributed by atoms with Crippen LogP contribution >= 0.6 is 0 Å². The summed E-state index contributed by atoms with van der Waals surface area (Å²) >= 11 is 0. The predicted octanol–water partition coefficient (Wildman–Crippen LogP) is 1.96. The molecular weight excluding hydrogens is 228 g/mol. The summed E-state index contributed by atoms with van der Waals surface area (Å²) in [5.41, 5.74) is 0.957. The molecule has 0 radical (unpaired) electrons. The molecule has 0 amide bonds. The molecule has 96 valence electrons. The van der Waals surface area contributed by atoms with E-state index in [2.05, 4.69) is 16.9 Å². The largest absolute Gasteiger partial charge is 0.376 e. The van der Waals surface area contributed by atoms with Crippen LogP contribution in [0.4, 0.5) is 8.78 Å². The lowest BCUT2D eigenvalue weighted by molar-refractivity contribution is 0.0665. The van der Waals surface area contributed by atoms with Crippen LogP contribution in [0.5, 0.6) is 0 Å². The van der Waals surface area contributed by atoms with E-state index >= 15 is 0 Å². The Balaban J connectivity index is 2.18. The topological polar surface area (TPSA) is 39.1 Å². The van der Waals surface area contributed by atoms with Crippen molar-refractivity contribution in [3.63, 3.8) is 0 Å². The maximum Gasteiger partial charge on any atom is 0.319 e. The highest BCUT2D eigenvalue weighted by atomic mass is 19.3. The average Bonchev–Trinajstić information content (AvgIpc) is 2.71. The van der Waals surface area contributed by atoms with Crippen molar-refractivity contribution in [2.24, 2.45) is 0 Å². The van der Waals surface area contributed by atoms with Crippen molar-refractivity contribution in [1.29, 1.82) is 0 Å². The second kappa shape index (κ2) is 7.13. The van der Waals surface area contributed by atoms with Crippen molar-refractivity contribution in [2.75, 3.05) is 19.8 Å². The lowest BCUT2D eigenvalue weighted by Crippen LogP contribution is -2.22. The van der Waals surface area contributed by atoms with Crippen molar-refractivity contribution in [1.82, 2.24) is 14.9 Å². The van der Waals surface area contributed by atoms with Gasteiger partial charge in [0.25, 0.3) is 0 Å². The third-order valence-corrected chi connectivity index (χ3v) is 2.01. The second-order valence-electron chi connectivity index (χ2n) is 3.71. The van der Waals surface area contributed by atoms with E-state index in [4.69, 9.17) is 4.74 Å². The summed E-state index contributed by atoms with van der Waals surface area (Å²) in [7, 11) is 0. The first-order valence-corrected chi connectivity index (χ1v) is 5.34. The monoisotopic (exact) mass is 245 g/mol. The molecular formula is C11H17F2N3O. The van der Waals surface area contributed by atoms with Gasteiger partial charge in [-0.1, -0.05) is 12.2 Å². The molecule has 0 atom stereocenters. The maximum atomic E-state index is 12.4. The number of alkyl halides is 2. The van der Waals surface area contributed by atoms with Crippen molar-refractivity contribution in [3.8, 4) is 0 Å². The highest BCUT2D eigenvalue weighted by Gasteiger charge is 2.10. The highest BCUT2D eigenvalue weighted by molar-refractivity contribution is 4.92. The number of nitrogens with zero attached hydrogens (tertiary/aromatic N) is 2. The molecule has 1 N–H and O–H groups in total. The summed E-state index contributed by atoms with van der Waals surface area (Å²) in [6, 6.07) is 0. The third kappa shape index (κ3) is 5.06. The summed E-state index contributed by atoms with van der Waals surface area (Å²) in [6.45, 7) is 4.96. The molecule has 0 fully saturated rings. The van der Waals surface area contributed by atoms with Gasteiger partial charge in [0.05, 0.1) is 19.8 Å². The van der Waals surface area contributed by atoms with Gasteiger partial charge in [-0.15, -0.1) is 0 Å². The normalized spacial score (nSPS) is 11.1. The van der Waals surface area contributed by atoms with Crippen LogP contribution in [0.25, 0.3) is 0 Å². The lowest BCUT2D eigenvalue weighted by atomic mass is 10.4. The second-order valence-corrected chi connectivity index (χ2v) is 3.71. The highest BCUT2D eigenvalue weighted by Crippen LogP contribution is 2.11. The van der Waals surface area contributed by atoms with Crippen LogP contribution in [0.3, 0.4) is 0 Å². The Morgan fingerprint density at radius 1 is 1.65 bits per heavy atom. The molecule has 0 aromatic carbocycles. The van der Waals surface area contributed by atoms with E-state index in [0.29, 0.717) is 32.1 Å². The van der Waals surface area contributed by atoms with E-state index in [-0.39, 0.29) is 0 Å². The van der Waals surface area contributed by atoms with Crippen LogP contribution < -0.4 is 5.32 Å². The number of rotatable bonds is 8. The minimum absolute atomic E-state index is 0.299. The summed E-state index contributed by atoms with van der Waals surface area (Å²) in [5.74, 6) is 0.319. The van der Waals surface area contributed by atoms with Gasteiger partial charge in [0, 0.05) is 18.9 Å². The maximum absolute atomic E-state index is 12.4. The number of aromatic nitrogens is 2. The van der Waals surface area contributed by atoms with Gasteiger partial charge in [-0.3, -0.25) is 4.57 Å². The van der Waals surface area contributed by atoms with Gasteiger partial charge in [0.15, 0.2) is 0 Å². The molecule has 1 aromatic heterocycles. The van der Waals surface area contributed by atoms with Crippen LogP contribution in [-0.2, 0) is 11.3 Å². The van der Waals surface area contributed by atoms with E-state index in [1.165, 1.54) is 12.4 Å². The summed E-state index contributed by atoms with van der Waals surface area (Å²) in [5, 5.41) is 2.99. The molecule has 0 aliphatic heterocycles. The molecule has 0 aliphatic carbocycles. The Bertz CT molecular complexity index is 352. The van der Waals surface area contributed by atoms with Crippen LogP contribution in [0.1, 0.15) is 19.3 Å². The van der Waals surface area contributed by atoms with E-state index in [0.717, 1.165) is 10.1 Å². The van der Waals surface area contributed by atoms with Gasteiger partial charge >= 0.3 is 6.55 Å². The van der Waals surface area contributed by atoms with Crippen molar-refractivity contribution < 1.29 is 13.5 Å². The van der Waals surface area contributed by atoms with E-state index in [1.807, 2.05) is 6.92 Å². The van der Waals surface area contributed by atoms with Gasteiger partial charge in [0.2, 0.25) is 0 Å². The average molecular weight is 245 g/mol. The van der Waals surface area contributed by atoms with Crippen molar-refractivity contribution >= 4 is 0 Å². The first kappa shape index (κ1) is 13.8. The Hall–Kier alpha value is -1.27. The van der Waals surface area contributed by atoms with Gasteiger partial charge in [0.1, 0.15) is 5.82 Å². The number of ether oxygens (including phenoxy) is 1. The minimum atomic E-state index is -2.55. The zero-order valence-corrected chi connectivity index (χ0v) is 9.83. The SMILES string of the molecule is C=C(C)COCCNCc1nccn1C(F)F. The Morgan fingerprint density at radius 3 is 3.06 bits per heavy atom. The van der Waals surface area contributed by atoms with E-state index in [1.54, 1.807) is 0 Å². The molecule has 6 heteroatoms. The summed E-state index contributed by atoms with van der Waals surface area (Å²) < 4.78 is 31.0. The molecule has 0 spiro atoms. The molecule has 1 aromatic rings.